The van der Waals surface area contributed by atoms with E-state index in [1.165, 1.54) is 31.3 Å². The minimum atomic E-state index is 0.0790. The third-order valence-electron chi connectivity index (χ3n) is 6.66. The van der Waals surface area contributed by atoms with E-state index in [0.29, 0.717) is 17.4 Å². The van der Waals surface area contributed by atoms with E-state index >= 15 is 0 Å². The van der Waals surface area contributed by atoms with Gasteiger partial charge in [-0.1, -0.05) is 53.3 Å². The maximum Gasteiger partial charge on any atom is 0.0647 e. The van der Waals surface area contributed by atoms with Crippen LogP contribution in [0.3, 0.4) is 0 Å². The molecule has 22 heavy (non-hydrogen) atoms. The molecule has 0 aromatic carbocycles. The molecule has 1 heteroatoms. The Morgan fingerprint density at radius 1 is 1.23 bits per heavy atom. The lowest BCUT2D eigenvalue weighted by Gasteiger charge is -2.45. The maximum absolute atomic E-state index is 6.54. The summed E-state index contributed by atoms with van der Waals surface area (Å²) in [5.74, 6) is 1.45. The van der Waals surface area contributed by atoms with Crippen LogP contribution < -0.4 is 0 Å². The van der Waals surface area contributed by atoms with Gasteiger partial charge in [0.05, 0.1) is 12.2 Å². The fourth-order valence-corrected chi connectivity index (χ4v) is 4.31. The van der Waals surface area contributed by atoms with Gasteiger partial charge in [0.15, 0.2) is 0 Å². The molecule has 0 aliphatic heterocycles. The van der Waals surface area contributed by atoms with Crippen LogP contribution in [-0.2, 0) is 4.74 Å². The SMILES string of the molecule is C=C1C=CC[C@@H](C)[C@@]1(C)C(C)O[C@H]1CC[C@H](C(C)(C)C)CC1. The predicted molar refractivity (Wildman–Crippen MR) is 95.9 cm³/mol. The van der Waals surface area contributed by atoms with Crippen LogP contribution in [0.15, 0.2) is 24.3 Å². The third kappa shape index (κ3) is 3.50. The molecule has 3 atom stereocenters. The maximum atomic E-state index is 6.54. The summed E-state index contributed by atoms with van der Waals surface area (Å²) in [5, 5.41) is 0. The van der Waals surface area contributed by atoms with E-state index in [1.54, 1.807) is 0 Å². The monoisotopic (exact) mass is 304 g/mol. The van der Waals surface area contributed by atoms with Crippen molar-refractivity contribution < 1.29 is 4.74 Å². The number of rotatable bonds is 3. The molecule has 1 saturated carbocycles. The number of hydrogen-bond acceptors (Lipinski definition) is 1. The Morgan fingerprint density at radius 3 is 2.32 bits per heavy atom. The summed E-state index contributed by atoms with van der Waals surface area (Å²) in [6, 6.07) is 0. The van der Waals surface area contributed by atoms with Gasteiger partial charge in [-0.25, -0.2) is 0 Å². The van der Waals surface area contributed by atoms with Gasteiger partial charge in [0, 0.05) is 5.41 Å². The van der Waals surface area contributed by atoms with Gasteiger partial charge in [-0.05, 0) is 61.9 Å². The van der Waals surface area contributed by atoms with E-state index in [4.69, 9.17) is 4.74 Å². The molecule has 1 fully saturated rings. The standard InChI is InChI=1S/C21H36O/c1-15-9-8-10-16(2)21(15,7)17(3)22-19-13-11-18(12-14-19)20(4,5)6/h8-9,16-19H,1,10-14H2,2-7H3/t16-,17?,18-,19-,21+/m1/s1. The molecule has 0 bridgehead atoms. The van der Waals surface area contributed by atoms with Gasteiger partial charge in [0.2, 0.25) is 0 Å². The van der Waals surface area contributed by atoms with Crippen molar-refractivity contribution in [3.05, 3.63) is 24.3 Å². The minimum Gasteiger partial charge on any atom is -0.374 e. The second kappa shape index (κ2) is 6.51. The van der Waals surface area contributed by atoms with Crippen LogP contribution in [0, 0.1) is 22.7 Å². The van der Waals surface area contributed by atoms with Gasteiger partial charge in [-0.3, -0.25) is 0 Å². The topological polar surface area (TPSA) is 9.23 Å². The van der Waals surface area contributed by atoms with Gasteiger partial charge < -0.3 is 4.74 Å². The molecule has 2 aliphatic carbocycles. The lowest BCUT2D eigenvalue weighted by molar-refractivity contribution is -0.0908. The molecule has 0 aromatic heterocycles. The highest BCUT2D eigenvalue weighted by Crippen LogP contribution is 2.46. The van der Waals surface area contributed by atoms with E-state index in [9.17, 15) is 0 Å². The molecule has 1 nitrogen and oxygen atoms in total. The zero-order valence-electron chi connectivity index (χ0n) is 15.6. The van der Waals surface area contributed by atoms with Gasteiger partial charge in [-0.15, -0.1) is 0 Å². The van der Waals surface area contributed by atoms with E-state index in [-0.39, 0.29) is 11.5 Å². The summed E-state index contributed by atoms with van der Waals surface area (Å²) >= 11 is 0. The van der Waals surface area contributed by atoms with Crippen molar-refractivity contribution in [2.24, 2.45) is 22.7 Å². The van der Waals surface area contributed by atoms with Crippen LogP contribution in [0.4, 0.5) is 0 Å². The molecule has 1 unspecified atom stereocenters. The molecule has 2 aliphatic rings. The average molecular weight is 305 g/mol. The predicted octanol–water partition coefficient (Wildman–Crippen LogP) is 6.15. The van der Waals surface area contributed by atoms with Crippen LogP contribution in [0.2, 0.25) is 0 Å². The first-order valence-electron chi connectivity index (χ1n) is 9.17. The lowest BCUT2D eigenvalue weighted by Crippen LogP contribution is -2.43. The Balaban J connectivity index is 1.94. The van der Waals surface area contributed by atoms with Crippen molar-refractivity contribution in [2.75, 3.05) is 0 Å². The van der Waals surface area contributed by atoms with Gasteiger partial charge >= 0.3 is 0 Å². The Kier molecular flexibility index (Phi) is 5.27. The zero-order valence-corrected chi connectivity index (χ0v) is 15.6. The van der Waals surface area contributed by atoms with E-state index in [0.717, 1.165) is 12.3 Å². The molecule has 126 valence electrons. The highest BCUT2D eigenvalue weighted by Gasteiger charge is 2.42. The van der Waals surface area contributed by atoms with Gasteiger partial charge in [-0.2, -0.15) is 0 Å². The lowest BCUT2D eigenvalue weighted by atomic mass is 9.65. The highest BCUT2D eigenvalue weighted by atomic mass is 16.5. The van der Waals surface area contributed by atoms with E-state index in [2.05, 4.69) is 60.3 Å². The largest absolute Gasteiger partial charge is 0.374 e. The van der Waals surface area contributed by atoms with Crippen molar-refractivity contribution in [1.82, 2.24) is 0 Å². The normalized spacial score (nSPS) is 38.1. The van der Waals surface area contributed by atoms with Crippen LogP contribution in [0.25, 0.3) is 0 Å². The third-order valence-corrected chi connectivity index (χ3v) is 6.66. The summed E-state index contributed by atoms with van der Waals surface area (Å²) in [4.78, 5) is 0. The summed E-state index contributed by atoms with van der Waals surface area (Å²) in [6.07, 6.45) is 11.4. The molecule has 0 radical (unpaired) electrons. The average Bonchev–Trinajstić information content (AvgIpc) is 2.44. The summed E-state index contributed by atoms with van der Waals surface area (Å²) in [7, 11) is 0. The summed E-state index contributed by atoms with van der Waals surface area (Å²) < 4.78 is 6.54. The Morgan fingerprint density at radius 2 is 1.82 bits per heavy atom. The molecular formula is C21H36O. The number of hydrogen-bond donors (Lipinski definition) is 0. The Labute approximate surface area is 138 Å². The van der Waals surface area contributed by atoms with E-state index in [1.807, 2.05) is 0 Å². The Bertz CT molecular complexity index is 420. The molecule has 0 heterocycles. The second-order valence-corrected chi connectivity index (χ2v) is 8.97. The van der Waals surface area contributed by atoms with Crippen molar-refractivity contribution in [3.63, 3.8) is 0 Å². The first-order chi connectivity index (χ1) is 10.2. The molecule has 0 aromatic rings. The van der Waals surface area contributed by atoms with Crippen LogP contribution in [0.1, 0.15) is 73.6 Å². The van der Waals surface area contributed by atoms with Crippen molar-refractivity contribution in [1.29, 1.82) is 0 Å². The van der Waals surface area contributed by atoms with Crippen molar-refractivity contribution in [3.8, 4) is 0 Å². The second-order valence-electron chi connectivity index (χ2n) is 8.97. The first kappa shape index (κ1) is 17.8. The van der Waals surface area contributed by atoms with Crippen LogP contribution in [-0.4, -0.2) is 12.2 Å². The molecule has 0 N–H and O–H groups in total. The highest BCUT2D eigenvalue weighted by molar-refractivity contribution is 5.29. The first-order valence-corrected chi connectivity index (χ1v) is 9.17. The fourth-order valence-electron chi connectivity index (χ4n) is 4.31. The smallest absolute Gasteiger partial charge is 0.0647 e. The summed E-state index contributed by atoms with van der Waals surface area (Å²) in [5.41, 5.74) is 1.76. The van der Waals surface area contributed by atoms with E-state index < -0.39 is 0 Å². The molecule has 0 spiro atoms. The van der Waals surface area contributed by atoms with Gasteiger partial charge in [0.1, 0.15) is 0 Å². The quantitative estimate of drug-likeness (QED) is 0.607. The van der Waals surface area contributed by atoms with Crippen molar-refractivity contribution >= 4 is 0 Å². The molecule has 2 rings (SSSR count). The molecule has 0 saturated heterocycles. The van der Waals surface area contributed by atoms with Crippen molar-refractivity contribution in [2.45, 2.75) is 85.9 Å². The number of ether oxygens (including phenoxy) is 1. The zero-order chi connectivity index (χ0) is 16.5. The van der Waals surface area contributed by atoms with Gasteiger partial charge in [0.25, 0.3) is 0 Å². The van der Waals surface area contributed by atoms with Crippen LogP contribution in [0.5, 0.6) is 0 Å². The minimum absolute atomic E-state index is 0.0790. The fraction of sp³-hybridized carbons (Fsp3) is 0.810. The molecule has 0 amide bonds. The molecular weight excluding hydrogens is 268 g/mol. The number of allylic oxidation sites excluding steroid dienone is 2. The van der Waals surface area contributed by atoms with Crippen LogP contribution >= 0.6 is 0 Å². The summed E-state index contributed by atoms with van der Waals surface area (Å²) in [6.45, 7) is 18.4. The Hall–Kier alpha value is -0.560.